The van der Waals surface area contributed by atoms with Crippen molar-refractivity contribution in [3.8, 4) is 0 Å². The minimum atomic E-state index is -0.554. The van der Waals surface area contributed by atoms with E-state index >= 15 is 0 Å². The van der Waals surface area contributed by atoms with Crippen molar-refractivity contribution in [2.24, 2.45) is 5.73 Å². The molecule has 0 aromatic heterocycles. The van der Waals surface area contributed by atoms with E-state index in [4.69, 9.17) is 10.5 Å². The normalized spacial score (nSPS) is 23.3. The maximum absolute atomic E-state index is 11.6. The van der Waals surface area contributed by atoms with Crippen molar-refractivity contribution in [1.29, 1.82) is 0 Å². The SMILES string of the molecule is CCN1CCCC1CNC(=O)C(N)COC. The fraction of sp³-hybridized carbons (Fsp3) is 0.909. The van der Waals surface area contributed by atoms with Crippen molar-refractivity contribution in [1.82, 2.24) is 10.2 Å². The Labute approximate surface area is 97.3 Å². The first-order valence-corrected chi connectivity index (χ1v) is 5.95. The van der Waals surface area contributed by atoms with Gasteiger partial charge in [0.2, 0.25) is 5.91 Å². The van der Waals surface area contributed by atoms with Gasteiger partial charge in [-0.3, -0.25) is 9.69 Å². The highest BCUT2D eigenvalue weighted by Gasteiger charge is 2.23. The molecule has 0 bridgehead atoms. The molecule has 1 aliphatic rings. The minimum Gasteiger partial charge on any atom is -0.383 e. The van der Waals surface area contributed by atoms with Crippen LogP contribution < -0.4 is 11.1 Å². The number of amides is 1. The molecule has 1 saturated heterocycles. The number of nitrogens with one attached hydrogen (secondary N) is 1. The summed E-state index contributed by atoms with van der Waals surface area (Å²) in [7, 11) is 1.54. The third-order valence-electron chi connectivity index (χ3n) is 3.10. The largest absolute Gasteiger partial charge is 0.383 e. The van der Waals surface area contributed by atoms with Crippen molar-refractivity contribution in [3.63, 3.8) is 0 Å². The molecule has 5 heteroatoms. The van der Waals surface area contributed by atoms with Gasteiger partial charge in [-0.2, -0.15) is 0 Å². The molecule has 1 rings (SSSR count). The lowest BCUT2D eigenvalue weighted by Gasteiger charge is -2.23. The number of nitrogens with two attached hydrogens (primary N) is 1. The van der Waals surface area contributed by atoms with Gasteiger partial charge in [0.25, 0.3) is 0 Å². The van der Waals surface area contributed by atoms with Crippen LogP contribution in [0.4, 0.5) is 0 Å². The van der Waals surface area contributed by atoms with Crippen molar-refractivity contribution < 1.29 is 9.53 Å². The third kappa shape index (κ3) is 3.73. The van der Waals surface area contributed by atoms with Crippen LogP contribution in [-0.4, -0.2) is 56.2 Å². The molecule has 0 spiro atoms. The van der Waals surface area contributed by atoms with Gasteiger partial charge >= 0.3 is 0 Å². The Kier molecular flexibility index (Phi) is 5.73. The second kappa shape index (κ2) is 6.83. The Balaban J connectivity index is 2.25. The van der Waals surface area contributed by atoms with Gasteiger partial charge in [0.15, 0.2) is 0 Å². The van der Waals surface area contributed by atoms with Gasteiger partial charge in [-0.15, -0.1) is 0 Å². The number of carbonyl (C=O) groups excluding carboxylic acids is 1. The van der Waals surface area contributed by atoms with Crippen LogP contribution in [0.15, 0.2) is 0 Å². The van der Waals surface area contributed by atoms with E-state index in [0.29, 0.717) is 12.6 Å². The second-order valence-corrected chi connectivity index (χ2v) is 4.23. The van der Waals surface area contributed by atoms with E-state index in [-0.39, 0.29) is 12.5 Å². The van der Waals surface area contributed by atoms with Gasteiger partial charge in [0.1, 0.15) is 6.04 Å². The van der Waals surface area contributed by atoms with Crippen LogP contribution in [0.3, 0.4) is 0 Å². The van der Waals surface area contributed by atoms with E-state index in [1.165, 1.54) is 6.42 Å². The number of nitrogens with zero attached hydrogens (tertiary/aromatic N) is 1. The first-order chi connectivity index (χ1) is 7.69. The average Bonchev–Trinajstić information content (AvgIpc) is 2.73. The smallest absolute Gasteiger partial charge is 0.239 e. The lowest BCUT2D eigenvalue weighted by Crippen LogP contribution is -2.47. The van der Waals surface area contributed by atoms with Crippen molar-refractivity contribution >= 4 is 5.91 Å². The molecule has 16 heavy (non-hydrogen) atoms. The van der Waals surface area contributed by atoms with Crippen LogP contribution in [0.5, 0.6) is 0 Å². The summed E-state index contributed by atoms with van der Waals surface area (Å²) in [5.74, 6) is -0.121. The zero-order chi connectivity index (χ0) is 12.0. The van der Waals surface area contributed by atoms with Crippen LogP contribution in [0.1, 0.15) is 19.8 Å². The molecule has 0 aromatic rings. The molecule has 1 fully saturated rings. The number of likely N-dealkylation sites (N-methyl/N-ethyl adjacent to an activating group) is 1. The highest BCUT2D eigenvalue weighted by atomic mass is 16.5. The first-order valence-electron chi connectivity index (χ1n) is 5.95. The van der Waals surface area contributed by atoms with Crippen LogP contribution in [0.2, 0.25) is 0 Å². The second-order valence-electron chi connectivity index (χ2n) is 4.23. The molecule has 1 aliphatic heterocycles. The third-order valence-corrected chi connectivity index (χ3v) is 3.10. The predicted molar refractivity (Wildman–Crippen MR) is 63.1 cm³/mol. The van der Waals surface area contributed by atoms with Crippen molar-refractivity contribution in [2.45, 2.75) is 31.8 Å². The van der Waals surface area contributed by atoms with E-state index in [0.717, 1.165) is 19.5 Å². The molecule has 0 radical (unpaired) electrons. The summed E-state index contributed by atoms with van der Waals surface area (Å²) in [4.78, 5) is 13.9. The molecule has 0 aliphatic carbocycles. The van der Waals surface area contributed by atoms with Crippen LogP contribution in [-0.2, 0) is 9.53 Å². The molecule has 0 aromatic carbocycles. The molecule has 2 atom stereocenters. The Morgan fingerprint density at radius 1 is 1.69 bits per heavy atom. The zero-order valence-corrected chi connectivity index (χ0v) is 10.2. The summed E-state index contributed by atoms with van der Waals surface area (Å²) in [5.41, 5.74) is 5.63. The molecule has 5 nitrogen and oxygen atoms in total. The maximum atomic E-state index is 11.6. The van der Waals surface area contributed by atoms with E-state index in [9.17, 15) is 4.79 Å². The van der Waals surface area contributed by atoms with Gasteiger partial charge in [-0.1, -0.05) is 6.92 Å². The summed E-state index contributed by atoms with van der Waals surface area (Å²) in [6.07, 6.45) is 2.38. The highest BCUT2D eigenvalue weighted by molar-refractivity contribution is 5.81. The van der Waals surface area contributed by atoms with Gasteiger partial charge in [0, 0.05) is 19.7 Å². The quantitative estimate of drug-likeness (QED) is 0.648. The zero-order valence-electron chi connectivity index (χ0n) is 10.2. The molecule has 1 amide bonds. The van der Waals surface area contributed by atoms with Crippen molar-refractivity contribution in [2.75, 3.05) is 33.4 Å². The number of hydrogen-bond acceptors (Lipinski definition) is 4. The van der Waals surface area contributed by atoms with Crippen LogP contribution in [0.25, 0.3) is 0 Å². The Morgan fingerprint density at radius 2 is 2.44 bits per heavy atom. The molecular weight excluding hydrogens is 206 g/mol. The van der Waals surface area contributed by atoms with E-state index in [1.807, 2.05) is 0 Å². The molecular formula is C11H23N3O2. The Morgan fingerprint density at radius 3 is 3.06 bits per heavy atom. The number of hydrogen-bond donors (Lipinski definition) is 2. The monoisotopic (exact) mass is 229 g/mol. The fourth-order valence-electron chi connectivity index (χ4n) is 2.15. The molecule has 94 valence electrons. The summed E-state index contributed by atoms with van der Waals surface area (Å²) >= 11 is 0. The summed E-state index contributed by atoms with van der Waals surface area (Å²) < 4.78 is 4.84. The Bertz CT molecular complexity index is 223. The number of likely N-dealkylation sites (tertiary alicyclic amines) is 1. The van der Waals surface area contributed by atoms with E-state index in [1.54, 1.807) is 7.11 Å². The maximum Gasteiger partial charge on any atom is 0.239 e. The minimum absolute atomic E-state index is 0.121. The lowest BCUT2D eigenvalue weighted by atomic mass is 10.2. The van der Waals surface area contributed by atoms with Crippen molar-refractivity contribution in [3.05, 3.63) is 0 Å². The average molecular weight is 229 g/mol. The van der Waals surface area contributed by atoms with Gasteiger partial charge in [-0.25, -0.2) is 0 Å². The van der Waals surface area contributed by atoms with Gasteiger partial charge in [0.05, 0.1) is 6.61 Å². The number of rotatable bonds is 6. The summed E-state index contributed by atoms with van der Waals surface area (Å²) in [5, 5.41) is 2.89. The lowest BCUT2D eigenvalue weighted by molar-refractivity contribution is -0.123. The first kappa shape index (κ1) is 13.4. The molecule has 3 N–H and O–H groups in total. The number of carbonyl (C=O) groups is 1. The molecule has 1 heterocycles. The molecule has 2 unspecified atom stereocenters. The van der Waals surface area contributed by atoms with E-state index in [2.05, 4.69) is 17.1 Å². The predicted octanol–water partition coefficient (Wildman–Crippen LogP) is -0.439. The fourth-order valence-corrected chi connectivity index (χ4v) is 2.15. The molecule has 0 saturated carbocycles. The summed E-state index contributed by atoms with van der Waals surface area (Å²) in [6, 6.07) is -0.0785. The number of ether oxygens (including phenoxy) is 1. The number of methoxy groups -OCH3 is 1. The Hall–Kier alpha value is -0.650. The van der Waals surface area contributed by atoms with E-state index < -0.39 is 6.04 Å². The van der Waals surface area contributed by atoms with Crippen LogP contribution in [0, 0.1) is 0 Å². The van der Waals surface area contributed by atoms with Crippen LogP contribution >= 0.6 is 0 Å². The standard InChI is InChI=1S/C11H23N3O2/c1-3-14-6-4-5-9(14)7-13-11(15)10(12)8-16-2/h9-10H,3-8,12H2,1-2H3,(H,13,15). The topological polar surface area (TPSA) is 67.6 Å². The highest BCUT2D eigenvalue weighted by Crippen LogP contribution is 2.15. The summed E-state index contributed by atoms with van der Waals surface area (Å²) in [6.45, 7) is 5.31. The van der Waals surface area contributed by atoms with Gasteiger partial charge in [-0.05, 0) is 25.9 Å². The van der Waals surface area contributed by atoms with Gasteiger partial charge < -0.3 is 15.8 Å².